The standard InChI is InChI=1S/C11H18ClN3/c1-4-7(2)8(3)14-11-6-9(13)5-10(12)15-11/h5-8H,4H2,1-3H3,(H3,13,14,15). The van der Waals surface area contributed by atoms with Gasteiger partial charge < -0.3 is 11.1 Å². The van der Waals surface area contributed by atoms with Crippen molar-refractivity contribution >= 4 is 23.1 Å². The molecule has 0 saturated carbocycles. The van der Waals surface area contributed by atoms with Gasteiger partial charge in [-0.2, -0.15) is 0 Å². The van der Waals surface area contributed by atoms with Crippen LogP contribution in [0.4, 0.5) is 11.5 Å². The Morgan fingerprint density at radius 1 is 1.47 bits per heavy atom. The molecule has 1 aromatic heterocycles. The summed E-state index contributed by atoms with van der Waals surface area (Å²) in [7, 11) is 0. The summed E-state index contributed by atoms with van der Waals surface area (Å²) in [5, 5.41) is 3.72. The van der Waals surface area contributed by atoms with Crippen molar-refractivity contribution in [3.8, 4) is 0 Å². The predicted octanol–water partition coefficient (Wildman–Crippen LogP) is 3.16. The zero-order chi connectivity index (χ0) is 11.4. The molecule has 4 heteroatoms. The minimum absolute atomic E-state index is 0.361. The van der Waals surface area contributed by atoms with E-state index in [9.17, 15) is 0 Å². The summed E-state index contributed by atoms with van der Waals surface area (Å²) in [5.41, 5.74) is 6.31. The van der Waals surface area contributed by atoms with Crippen LogP contribution in [0, 0.1) is 5.92 Å². The third kappa shape index (κ3) is 3.59. The fourth-order valence-corrected chi connectivity index (χ4v) is 1.54. The number of nitrogens with zero attached hydrogens (tertiary/aromatic N) is 1. The van der Waals surface area contributed by atoms with E-state index in [0.717, 1.165) is 12.2 Å². The Labute approximate surface area is 96.0 Å². The number of halogens is 1. The van der Waals surface area contributed by atoms with Gasteiger partial charge in [0, 0.05) is 17.8 Å². The molecule has 0 aliphatic carbocycles. The first kappa shape index (κ1) is 12.1. The van der Waals surface area contributed by atoms with Crippen molar-refractivity contribution in [1.29, 1.82) is 0 Å². The van der Waals surface area contributed by atoms with Crippen LogP contribution in [-0.2, 0) is 0 Å². The van der Waals surface area contributed by atoms with Crippen LogP contribution in [0.5, 0.6) is 0 Å². The van der Waals surface area contributed by atoms with Gasteiger partial charge in [-0.3, -0.25) is 0 Å². The summed E-state index contributed by atoms with van der Waals surface area (Å²) in [6, 6.07) is 3.80. The van der Waals surface area contributed by atoms with E-state index < -0.39 is 0 Å². The molecule has 0 spiro atoms. The van der Waals surface area contributed by atoms with E-state index in [-0.39, 0.29) is 0 Å². The number of pyridine rings is 1. The fourth-order valence-electron chi connectivity index (χ4n) is 1.32. The minimum Gasteiger partial charge on any atom is -0.399 e. The molecule has 0 fully saturated rings. The van der Waals surface area contributed by atoms with Crippen LogP contribution < -0.4 is 11.1 Å². The molecule has 1 aromatic rings. The highest BCUT2D eigenvalue weighted by Crippen LogP contribution is 2.18. The first-order valence-corrected chi connectivity index (χ1v) is 5.60. The van der Waals surface area contributed by atoms with Gasteiger partial charge in [-0.25, -0.2) is 4.98 Å². The van der Waals surface area contributed by atoms with Crippen LogP contribution in [0.2, 0.25) is 5.15 Å². The molecule has 0 amide bonds. The lowest BCUT2D eigenvalue weighted by Gasteiger charge is -2.20. The van der Waals surface area contributed by atoms with E-state index in [0.29, 0.717) is 22.8 Å². The number of hydrogen-bond acceptors (Lipinski definition) is 3. The SMILES string of the molecule is CCC(C)C(C)Nc1cc(N)cc(Cl)n1. The monoisotopic (exact) mass is 227 g/mol. The highest BCUT2D eigenvalue weighted by atomic mass is 35.5. The van der Waals surface area contributed by atoms with Gasteiger partial charge >= 0.3 is 0 Å². The Morgan fingerprint density at radius 3 is 2.67 bits per heavy atom. The molecule has 2 atom stereocenters. The van der Waals surface area contributed by atoms with Gasteiger partial charge in [0.1, 0.15) is 11.0 Å². The molecule has 0 saturated heterocycles. The van der Waals surface area contributed by atoms with Gasteiger partial charge in [-0.1, -0.05) is 31.9 Å². The van der Waals surface area contributed by atoms with Crippen molar-refractivity contribution in [2.45, 2.75) is 33.2 Å². The smallest absolute Gasteiger partial charge is 0.133 e. The predicted molar refractivity (Wildman–Crippen MR) is 66.2 cm³/mol. The maximum atomic E-state index is 5.82. The second kappa shape index (κ2) is 5.21. The van der Waals surface area contributed by atoms with E-state index in [1.54, 1.807) is 12.1 Å². The van der Waals surface area contributed by atoms with Gasteiger partial charge in [-0.15, -0.1) is 0 Å². The van der Waals surface area contributed by atoms with Crippen LogP contribution in [0.3, 0.4) is 0 Å². The maximum absolute atomic E-state index is 5.82. The molecule has 0 radical (unpaired) electrons. The molecule has 1 rings (SSSR count). The summed E-state index contributed by atoms with van der Waals surface area (Å²) >= 11 is 5.82. The molecule has 1 heterocycles. The zero-order valence-electron chi connectivity index (χ0n) is 9.42. The molecule has 3 nitrogen and oxygen atoms in total. The highest BCUT2D eigenvalue weighted by Gasteiger charge is 2.10. The maximum Gasteiger partial charge on any atom is 0.133 e. The quantitative estimate of drug-likeness (QED) is 0.777. The summed E-state index contributed by atoms with van der Waals surface area (Å²) < 4.78 is 0. The number of rotatable bonds is 4. The summed E-state index contributed by atoms with van der Waals surface area (Å²) in [6.07, 6.45) is 1.13. The number of aromatic nitrogens is 1. The van der Waals surface area contributed by atoms with Gasteiger partial charge in [0.2, 0.25) is 0 Å². The molecule has 0 aliphatic rings. The first-order chi connectivity index (χ1) is 7.02. The number of hydrogen-bond donors (Lipinski definition) is 2. The van der Waals surface area contributed by atoms with E-state index >= 15 is 0 Å². The lowest BCUT2D eigenvalue weighted by Crippen LogP contribution is -2.23. The van der Waals surface area contributed by atoms with Crippen molar-refractivity contribution in [3.05, 3.63) is 17.3 Å². The fraction of sp³-hybridized carbons (Fsp3) is 0.545. The summed E-state index contributed by atoms with van der Waals surface area (Å²) in [5.74, 6) is 1.33. The second-order valence-corrected chi connectivity index (χ2v) is 4.31. The minimum atomic E-state index is 0.361. The molecule has 84 valence electrons. The van der Waals surface area contributed by atoms with Crippen molar-refractivity contribution in [2.75, 3.05) is 11.1 Å². The molecular formula is C11H18ClN3. The van der Waals surface area contributed by atoms with E-state index in [1.165, 1.54) is 0 Å². The largest absolute Gasteiger partial charge is 0.399 e. The van der Waals surface area contributed by atoms with E-state index in [1.807, 2.05) is 0 Å². The van der Waals surface area contributed by atoms with Crippen LogP contribution in [0.25, 0.3) is 0 Å². The van der Waals surface area contributed by atoms with Gasteiger partial charge in [0.05, 0.1) is 0 Å². The van der Waals surface area contributed by atoms with Gasteiger partial charge in [-0.05, 0) is 18.9 Å². The van der Waals surface area contributed by atoms with Crippen LogP contribution in [0.15, 0.2) is 12.1 Å². The van der Waals surface area contributed by atoms with E-state index in [2.05, 4.69) is 31.1 Å². The molecule has 0 bridgehead atoms. The Balaban J connectivity index is 2.72. The molecular weight excluding hydrogens is 210 g/mol. The van der Waals surface area contributed by atoms with Crippen molar-refractivity contribution in [3.63, 3.8) is 0 Å². The normalized spacial score (nSPS) is 14.7. The number of nitrogens with two attached hydrogens (primary N) is 1. The molecule has 3 N–H and O–H groups in total. The third-order valence-electron chi connectivity index (χ3n) is 2.69. The molecule has 0 aromatic carbocycles. The average Bonchev–Trinajstić information content (AvgIpc) is 2.14. The Hall–Kier alpha value is -0.960. The number of nitrogens with one attached hydrogen (secondary N) is 1. The first-order valence-electron chi connectivity index (χ1n) is 5.22. The van der Waals surface area contributed by atoms with Crippen LogP contribution in [0.1, 0.15) is 27.2 Å². The number of nitrogen functional groups attached to an aromatic ring is 1. The van der Waals surface area contributed by atoms with Crippen molar-refractivity contribution in [1.82, 2.24) is 4.98 Å². The Kier molecular flexibility index (Phi) is 4.21. The lowest BCUT2D eigenvalue weighted by molar-refractivity contribution is 0.493. The lowest BCUT2D eigenvalue weighted by atomic mass is 10.0. The molecule has 2 unspecified atom stereocenters. The number of anilines is 2. The summed E-state index contributed by atoms with van der Waals surface area (Å²) in [6.45, 7) is 6.50. The van der Waals surface area contributed by atoms with Crippen molar-refractivity contribution < 1.29 is 0 Å². The third-order valence-corrected chi connectivity index (χ3v) is 2.88. The summed E-state index contributed by atoms with van der Waals surface area (Å²) in [4.78, 5) is 4.17. The average molecular weight is 228 g/mol. The van der Waals surface area contributed by atoms with Gasteiger partial charge in [0.15, 0.2) is 0 Å². The molecule has 0 aliphatic heterocycles. The highest BCUT2D eigenvalue weighted by molar-refractivity contribution is 6.29. The molecule has 15 heavy (non-hydrogen) atoms. The van der Waals surface area contributed by atoms with Crippen molar-refractivity contribution in [2.24, 2.45) is 5.92 Å². The zero-order valence-corrected chi connectivity index (χ0v) is 10.2. The Bertz CT molecular complexity index is 307. The van der Waals surface area contributed by atoms with Crippen LogP contribution >= 0.6 is 11.6 Å². The Morgan fingerprint density at radius 2 is 2.13 bits per heavy atom. The second-order valence-electron chi connectivity index (χ2n) is 3.93. The van der Waals surface area contributed by atoms with Crippen LogP contribution in [-0.4, -0.2) is 11.0 Å². The van der Waals surface area contributed by atoms with E-state index in [4.69, 9.17) is 17.3 Å². The van der Waals surface area contributed by atoms with Gasteiger partial charge in [0.25, 0.3) is 0 Å². The topological polar surface area (TPSA) is 50.9 Å².